The van der Waals surface area contributed by atoms with Crippen molar-refractivity contribution in [3.63, 3.8) is 0 Å². The molecular formula is C18H26BrN3O. The summed E-state index contributed by atoms with van der Waals surface area (Å²) in [5.41, 5.74) is 2.00. The highest BCUT2D eigenvalue weighted by Gasteiger charge is 2.39. The second-order valence-electron chi connectivity index (χ2n) is 6.17. The van der Waals surface area contributed by atoms with Crippen LogP contribution in [0.2, 0.25) is 0 Å². The number of rotatable bonds is 6. The molecule has 126 valence electrons. The van der Waals surface area contributed by atoms with Crippen molar-refractivity contribution in [2.45, 2.75) is 26.7 Å². The van der Waals surface area contributed by atoms with Crippen molar-refractivity contribution in [3.05, 3.63) is 46.8 Å². The van der Waals surface area contributed by atoms with Gasteiger partial charge < -0.3 is 0 Å². The van der Waals surface area contributed by atoms with Crippen molar-refractivity contribution in [2.75, 3.05) is 26.7 Å². The van der Waals surface area contributed by atoms with Crippen LogP contribution < -0.4 is 0 Å². The minimum absolute atomic E-state index is 0.0132. The first-order valence-corrected chi connectivity index (χ1v) is 8.93. The number of nitrogens with zero attached hydrogens (tertiary/aromatic N) is 3. The minimum Gasteiger partial charge on any atom is -0.297 e. The summed E-state index contributed by atoms with van der Waals surface area (Å²) in [6.45, 7) is 11.0. The van der Waals surface area contributed by atoms with Crippen molar-refractivity contribution >= 4 is 21.8 Å². The van der Waals surface area contributed by atoms with E-state index < -0.39 is 0 Å². The maximum atomic E-state index is 12.3. The molecule has 0 spiro atoms. The fourth-order valence-corrected chi connectivity index (χ4v) is 3.40. The predicted octanol–water partition coefficient (Wildman–Crippen LogP) is 3.66. The zero-order valence-electron chi connectivity index (χ0n) is 14.3. The zero-order chi connectivity index (χ0) is 17.0. The van der Waals surface area contributed by atoms with Crippen molar-refractivity contribution < 1.29 is 4.79 Å². The molecule has 2 heterocycles. The molecule has 2 rings (SSSR count). The lowest BCUT2D eigenvalue weighted by Crippen LogP contribution is -2.53. The Balaban J connectivity index is 2.08. The standard InChI is InChI=1S/C18H26BrN3O/c1-5-7-8-15(6-2)20(4)22-16(17(19)18(22)23)13-21-11-9-14(3)10-12-21/h5-8,14H,1,9-13H2,2-4H3/b8-7-,15-6+. The van der Waals surface area contributed by atoms with Gasteiger partial charge in [-0.1, -0.05) is 31.7 Å². The number of piperidine rings is 1. The van der Waals surface area contributed by atoms with Crippen molar-refractivity contribution in [1.82, 2.24) is 14.9 Å². The van der Waals surface area contributed by atoms with Crippen LogP contribution in [0.25, 0.3) is 0 Å². The van der Waals surface area contributed by atoms with Crippen molar-refractivity contribution in [1.29, 1.82) is 0 Å². The Morgan fingerprint density at radius 2 is 2.09 bits per heavy atom. The number of amides is 1. The van der Waals surface area contributed by atoms with Crippen LogP contribution in [0.1, 0.15) is 26.7 Å². The lowest BCUT2D eigenvalue weighted by Gasteiger charge is -2.44. The zero-order valence-corrected chi connectivity index (χ0v) is 15.8. The molecule has 0 atom stereocenters. The second-order valence-corrected chi connectivity index (χ2v) is 6.96. The number of likely N-dealkylation sites (tertiary alicyclic amines) is 1. The lowest BCUT2D eigenvalue weighted by atomic mass is 9.99. The van der Waals surface area contributed by atoms with Crippen molar-refractivity contribution in [3.8, 4) is 0 Å². The van der Waals surface area contributed by atoms with Gasteiger partial charge in [0.25, 0.3) is 5.91 Å². The van der Waals surface area contributed by atoms with E-state index in [0.29, 0.717) is 4.48 Å². The van der Waals surface area contributed by atoms with E-state index in [1.165, 1.54) is 12.8 Å². The highest BCUT2D eigenvalue weighted by atomic mass is 79.9. The number of hydrogen-bond donors (Lipinski definition) is 0. The molecule has 1 amide bonds. The summed E-state index contributed by atoms with van der Waals surface area (Å²) >= 11 is 3.44. The summed E-state index contributed by atoms with van der Waals surface area (Å²) in [5, 5.41) is 3.65. The molecule has 4 nitrogen and oxygen atoms in total. The third-order valence-electron chi connectivity index (χ3n) is 4.51. The Morgan fingerprint density at radius 1 is 1.43 bits per heavy atom. The molecule has 0 unspecified atom stereocenters. The third kappa shape index (κ3) is 3.96. The molecule has 23 heavy (non-hydrogen) atoms. The van der Waals surface area contributed by atoms with Crippen LogP contribution in [0.5, 0.6) is 0 Å². The van der Waals surface area contributed by atoms with Gasteiger partial charge >= 0.3 is 0 Å². The van der Waals surface area contributed by atoms with E-state index in [0.717, 1.165) is 36.9 Å². The van der Waals surface area contributed by atoms with E-state index in [9.17, 15) is 4.79 Å². The molecule has 0 saturated carbocycles. The van der Waals surface area contributed by atoms with Gasteiger partial charge in [-0.3, -0.25) is 14.7 Å². The summed E-state index contributed by atoms with van der Waals surface area (Å²) in [7, 11) is 1.92. The van der Waals surface area contributed by atoms with Gasteiger partial charge in [-0.25, -0.2) is 5.01 Å². The summed E-state index contributed by atoms with van der Waals surface area (Å²) in [6, 6.07) is 0. The largest absolute Gasteiger partial charge is 0.297 e. The normalized spacial score (nSPS) is 21.1. The maximum Gasteiger partial charge on any atom is 0.285 e. The smallest absolute Gasteiger partial charge is 0.285 e. The molecule has 1 saturated heterocycles. The van der Waals surface area contributed by atoms with E-state index in [4.69, 9.17) is 0 Å². The van der Waals surface area contributed by atoms with Crippen LogP contribution in [0.4, 0.5) is 0 Å². The van der Waals surface area contributed by atoms with Gasteiger partial charge in [0, 0.05) is 13.6 Å². The average Bonchev–Trinajstić information content (AvgIpc) is 2.56. The van der Waals surface area contributed by atoms with Gasteiger partial charge in [0.15, 0.2) is 0 Å². The summed E-state index contributed by atoms with van der Waals surface area (Å²) in [6.07, 6.45) is 10.0. The van der Waals surface area contributed by atoms with E-state index in [-0.39, 0.29) is 5.91 Å². The number of allylic oxidation sites excluding steroid dienone is 4. The van der Waals surface area contributed by atoms with Gasteiger partial charge in [0.2, 0.25) is 0 Å². The highest BCUT2D eigenvalue weighted by Crippen LogP contribution is 2.34. The number of likely N-dealkylation sites (N-methyl/N-ethyl adjacent to an activating group) is 1. The molecule has 0 N–H and O–H groups in total. The maximum absolute atomic E-state index is 12.3. The summed E-state index contributed by atoms with van der Waals surface area (Å²) in [5.74, 6) is 0.823. The van der Waals surface area contributed by atoms with Gasteiger partial charge in [0.1, 0.15) is 4.48 Å². The lowest BCUT2D eigenvalue weighted by molar-refractivity contribution is -0.139. The van der Waals surface area contributed by atoms with Crippen LogP contribution >= 0.6 is 15.9 Å². The highest BCUT2D eigenvalue weighted by molar-refractivity contribution is 9.12. The first kappa shape index (κ1) is 18.0. The molecule has 2 aliphatic heterocycles. The van der Waals surface area contributed by atoms with Crippen LogP contribution in [0, 0.1) is 5.92 Å². The molecule has 0 radical (unpaired) electrons. The molecular weight excluding hydrogens is 354 g/mol. The molecule has 0 aromatic carbocycles. The fraction of sp³-hybridized carbons (Fsp3) is 0.500. The quantitative estimate of drug-likeness (QED) is 0.658. The van der Waals surface area contributed by atoms with Gasteiger partial charge in [-0.15, -0.1) is 0 Å². The Bertz CT molecular complexity index is 557. The summed E-state index contributed by atoms with van der Waals surface area (Å²) < 4.78 is 0.700. The second kappa shape index (κ2) is 7.97. The minimum atomic E-state index is 0.0132. The number of hydrazine groups is 1. The third-order valence-corrected chi connectivity index (χ3v) is 5.31. The Morgan fingerprint density at radius 3 is 2.65 bits per heavy atom. The van der Waals surface area contributed by atoms with Crippen LogP contribution in [0.15, 0.2) is 46.8 Å². The molecule has 5 heteroatoms. The van der Waals surface area contributed by atoms with Gasteiger partial charge in [-0.2, -0.15) is 0 Å². The predicted molar refractivity (Wildman–Crippen MR) is 98.5 cm³/mol. The Hall–Kier alpha value is -1.33. The van der Waals surface area contributed by atoms with E-state index >= 15 is 0 Å². The Kier molecular flexibility index (Phi) is 6.25. The van der Waals surface area contributed by atoms with Gasteiger partial charge in [0.05, 0.1) is 11.4 Å². The first-order chi connectivity index (χ1) is 11.0. The SMILES string of the molecule is C=C/C=C\C(=C/C)N(C)N1C(=O)C(Br)=C1CN1CCC(C)CC1. The molecule has 0 aliphatic carbocycles. The monoisotopic (exact) mass is 379 g/mol. The Labute approximate surface area is 147 Å². The molecule has 0 aromatic rings. The van der Waals surface area contributed by atoms with Crippen LogP contribution in [-0.4, -0.2) is 47.5 Å². The average molecular weight is 380 g/mol. The van der Waals surface area contributed by atoms with Crippen LogP contribution in [-0.2, 0) is 4.79 Å². The van der Waals surface area contributed by atoms with Gasteiger partial charge in [-0.05, 0) is 60.8 Å². The topological polar surface area (TPSA) is 26.8 Å². The van der Waals surface area contributed by atoms with E-state index in [2.05, 4.69) is 34.3 Å². The van der Waals surface area contributed by atoms with Crippen molar-refractivity contribution in [2.24, 2.45) is 5.92 Å². The fourth-order valence-electron chi connectivity index (χ4n) is 2.94. The number of carbonyl (C=O) groups is 1. The van der Waals surface area contributed by atoms with E-state index in [1.807, 2.05) is 37.2 Å². The number of hydrogen-bond acceptors (Lipinski definition) is 3. The first-order valence-electron chi connectivity index (χ1n) is 8.14. The molecule has 2 aliphatic rings. The van der Waals surface area contributed by atoms with Crippen LogP contribution in [0.3, 0.4) is 0 Å². The number of carbonyl (C=O) groups excluding carboxylic acids is 1. The molecule has 0 bridgehead atoms. The molecule has 0 aromatic heterocycles. The number of halogens is 1. The summed E-state index contributed by atoms with van der Waals surface area (Å²) in [4.78, 5) is 14.7. The van der Waals surface area contributed by atoms with E-state index in [1.54, 1.807) is 11.1 Å². The molecule has 1 fully saturated rings.